The molecule has 2 unspecified atom stereocenters. The van der Waals surface area contributed by atoms with Gasteiger partial charge in [0, 0.05) is 18.8 Å². The van der Waals surface area contributed by atoms with Gasteiger partial charge in [0.15, 0.2) is 0 Å². The predicted octanol–water partition coefficient (Wildman–Crippen LogP) is 3.30. The van der Waals surface area contributed by atoms with Gasteiger partial charge in [-0.15, -0.1) is 23.1 Å². The molecule has 6 heteroatoms. The van der Waals surface area contributed by atoms with E-state index in [1.807, 2.05) is 27.3 Å². The zero-order valence-corrected chi connectivity index (χ0v) is 15.4. The summed E-state index contributed by atoms with van der Waals surface area (Å²) in [6.45, 7) is 5.99. The Bertz CT molecular complexity index is 553. The van der Waals surface area contributed by atoms with E-state index >= 15 is 0 Å². The number of hydrogen-bond donors (Lipinski definition) is 0. The van der Waals surface area contributed by atoms with Gasteiger partial charge in [0.1, 0.15) is 6.04 Å². The molecule has 3 rings (SSSR count). The molecule has 3 heterocycles. The van der Waals surface area contributed by atoms with Crippen LogP contribution in [-0.4, -0.2) is 51.9 Å². The highest BCUT2D eigenvalue weighted by Gasteiger charge is 2.43. The fourth-order valence-corrected chi connectivity index (χ4v) is 5.32. The first kappa shape index (κ1) is 16.8. The van der Waals surface area contributed by atoms with E-state index in [-0.39, 0.29) is 23.2 Å². The van der Waals surface area contributed by atoms with Crippen molar-refractivity contribution in [3.05, 3.63) is 22.4 Å². The van der Waals surface area contributed by atoms with Gasteiger partial charge < -0.3 is 9.80 Å². The number of thioether (sulfide) groups is 1. The van der Waals surface area contributed by atoms with Crippen molar-refractivity contribution in [3.8, 4) is 0 Å². The summed E-state index contributed by atoms with van der Waals surface area (Å²) in [4.78, 5) is 30.4. The third kappa shape index (κ3) is 3.43. The summed E-state index contributed by atoms with van der Waals surface area (Å²) in [5, 5.41) is 2.03. The Morgan fingerprint density at radius 2 is 2.04 bits per heavy atom. The van der Waals surface area contributed by atoms with Crippen LogP contribution in [0.1, 0.15) is 42.8 Å². The minimum atomic E-state index is -0.298. The third-order valence-corrected chi connectivity index (χ3v) is 7.10. The quantitative estimate of drug-likeness (QED) is 0.838. The normalized spacial score (nSPS) is 25.8. The number of hydrogen-bond acceptors (Lipinski definition) is 4. The molecule has 2 aliphatic rings. The van der Waals surface area contributed by atoms with Crippen LogP contribution in [-0.2, 0) is 4.79 Å². The van der Waals surface area contributed by atoms with E-state index in [0.29, 0.717) is 5.92 Å². The smallest absolute Gasteiger partial charge is 0.265 e. The van der Waals surface area contributed by atoms with E-state index < -0.39 is 0 Å². The lowest BCUT2D eigenvalue weighted by Gasteiger charge is -2.35. The van der Waals surface area contributed by atoms with E-state index in [0.717, 1.165) is 43.0 Å². The Morgan fingerprint density at radius 3 is 2.65 bits per heavy atom. The van der Waals surface area contributed by atoms with Crippen LogP contribution in [0.5, 0.6) is 0 Å². The van der Waals surface area contributed by atoms with Crippen molar-refractivity contribution in [1.82, 2.24) is 9.80 Å². The molecule has 2 atom stereocenters. The van der Waals surface area contributed by atoms with Gasteiger partial charge in [-0.1, -0.05) is 19.9 Å². The molecule has 4 nitrogen and oxygen atoms in total. The monoisotopic (exact) mass is 352 g/mol. The first-order chi connectivity index (χ1) is 11.1. The van der Waals surface area contributed by atoms with E-state index in [2.05, 4.69) is 13.8 Å². The van der Waals surface area contributed by atoms with E-state index in [1.165, 1.54) is 11.3 Å². The molecule has 1 aromatic heterocycles. The summed E-state index contributed by atoms with van der Waals surface area (Å²) in [6.07, 6.45) is 3.02. The number of piperidine rings is 1. The Labute approximate surface area is 146 Å². The molecule has 2 aliphatic heterocycles. The number of carbonyl (C=O) groups is 2. The van der Waals surface area contributed by atoms with Gasteiger partial charge in [-0.3, -0.25) is 9.59 Å². The van der Waals surface area contributed by atoms with Crippen molar-refractivity contribution >= 4 is 34.9 Å². The third-order valence-electron chi connectivity index (χ3n) is 4.79. The average molecular weight is 353 g/mol. The molecule has 23 heavy (non-hydrogen) atoms. The SMILES string of the molecule is CCC1SCC(C(=O)N2CCC(C)CC2)N1C(=O)c1cccs1. The van der Waals surface area contributed by atoms with Crippen molar-refractivity contribution in [1.29, 1.82) is 0 Å². The second-order valence-corrected chi connectivity index (χ2v) is 8.57. The molecule has 2 amide bonds. The van der Waals surface area contributed by atoms with Gasteiger partial charge in [0.2, 0.25) is 5.91 Å². The summed E-state index contributed by atoms with van der Waals surface area (Å²) in [5.74, 6) is 1.58. The van der Waals surface area contributed by atoms with Gasteiger partial charge in [0.25, 0.3) is 5.91 Å². The largest absolute Gasteiger partial charge is 0.341 e. The summed E-state index contributed by atoms with van der Waals surface area (Å²) < 4.78 is 0. The maximum atomic E-state index is 13.0. The number of carbonyl (C=O) groups excluding carboxylic acids is 2. The van der Waals surface area contributed by atoms with Gasteiger partial charge in [0.05, 0.1) is 10.3 Å². The Morgan fingerprint density at radius 1 is 1.30 bits per heavy atom. The van der Waals surface area contributed by atoms with Crippen LogP contribution in [0.4, 0.5) is 0 Å². The summed E-state index contributed by atoms with van der Waals surface area (Å²) in [7, 11) is 0. The second-order valence-electron chi connectivity index (χ2n) is 6.41. The lowest BCUT2D eigenvalue weighted by atomic mass is 9.98. The molecule has 0 radical (unpaired) electrons. The Hall–Kier alpha value is -1.01. The zero-order chi connectivity index (χ0) is 16.4. The molecule has 0 aliphatic carbocycles. The highest BCUT2D eigenvalue weighted by atomic mass is 32.2. The van der Waals surface area contributed by atoms with Gasteiger partial charge in [-0.2, -0.15) is 0 Å². The number of thiophene rings is 1. The fraction of sp³-hybridized carbons (Fsp3) is 0.647. The van der Waals surface area contributed by atoms with Crippen molar-refractivity contribution in [2.75, 3.05) is 18.8 Å². The molecule has 0 aromatic carbocycles. The molecule has 0 saturated carbocycles. The van der Waals surface area contributed by atoms with Crippen molar-refractivity contribution < 1.29 is 9.59 Å². The van der Waals surface area contributed by atoms with Crippen LogP contribution in [0.15, 0.2) is 17.5 Å². The van der Waals surface area contributed by atoms with Gasteiger partial charge in [-0.05, 0) is 36.6 Å². The lowest BCUT2D eigenvalue weighted by molar-refractivity contribution is -0.136. The van der Waals surface area contributed by atoms with Gasteiger partial charge in [-0.25, -0.2) is 0 Å². The minimum absolute atomic E-state index is 0.0144. The summed E-state index contributed by atoms with van der Waals surface area (Å²) in [6, 6.07) is 3.45. The molecular formula is C17H24N2O2S2. The van der Waals surface area contributed by atoms with Crippen LogP contribution in [0.3, 0.4) is 0 Å². The van der Waals surface area contributed by atoms with Crippen LogP contribution in [0, 0.1) is 5.92 Å². The number of amides is 2. The number of likely N-dealkylation sites (tertiary alicyclic amines) is 1. The van der Waals surface area contributed by atoms with Crippen LogP contribution >= 0.6 is 23.1 Å². The van der Waals surface area contributed by atoms with E-state index in [4.69, 9.17) is 0 Å². The summed E-state index contributed by atoms with van der Waals surface area (Å²) >= 11 is 3.19. The van der Waals surface area contributed by atoms with Crippen LogP contribution < -0.4 is 0 Å². The molecular weight excluding hydrogens is 328 g/mol. The maximum Gasteiger partial charge on any atom is 0.265 e. The standard InChI is InChI=1S/C17H24N2O2S2/c1-3-15-19(17(21)14-5-4-10-22-14)13(11-23-15)16(20)18-8-6-12(2)7-9-18/h4-5,10,12-13,15H,3,6-9,11H2,1-2H3. The van der Waals surface area contributed by atoms with E-state index in [9.17, 15) is 9.59 Å². The Balaban J connectivity index is 1.77. The lowest BCUT2D eigenvalue weighted by Crippen LogP contribution is -2.52. The van der Waals surface area contributed by atoms with Crippen LogP contribution in [0.2, 0.25) is 0 Å². The molecule has 126 valence electrons. The number of nitrogens with zero attached hydrogens (tertiary/aromatic N) is 2. The van der Waals surface area contributed by atoms with Crippen molar-refractivity contribution in [3.63, 3.8) is 0 Å². The van der Waals surface area contributed by atoms with Crippen LogP contribution in [0.25, 0.3) is 0 Å². The molecule has 2 saturated heterocycles. The minimum Gasteiger partial charge on any atom is -0.341 e. The predicted molar refractivity (Wildman–Crippen MR) is 95.8 cm³/mol. The first-order valence-corrected chi connectivity index (χ1v) is 10.3. The molecule has 0 bridgehead atoms. The molecule has 0 spiro atoms. The zero-order valence-electron chi connectivity index (χ0n) is 13.7. The van der Waals surface area contributed by atoms with Gasteiger partial charge >= 0.3 is 0 Å². The fourth-order valence-electron chi connectivity index (χ4n) is 3.31. The number of rotatable bonds is 3. The topological polar surface area (TPSA) is 40.6 Å². The first-order valence-electron chi connectivity index (χ1n) is 8.38. The maximum absolute atomic E-state index is 13.0. The molecule has 2 fully saturated rings. The summed E-state index contributed by atoms with van der Waals surface area (Å²) in [5.41, 5.74) is 0. The van der Waals surface area contributed by atoms with Crippen molar-refractivity contribution in [2.45, 2.75) is 44.5 Å². The van der Waals surface area contributed by atoms with Crippen molar-refractivity contribution in [2.24, 2.45) is 5.92 Å². The highest BCUT2D eigenvalue weighted by Crippen LogP contribution is 2.34. The van der Waals surface area contributed by atoms with E-state index in [1.54, 1.807) is 11.8 Å². The molecule has 1 aromatic rings. The highest BCUT2D eigenvalue weighted by molar-refractivity contribution is 8.00. The Kier molecular flexibility index (Phi) is 5.31. The molecule has 0 N–H and O–H groups in total. The average Bonchev–Trinajstić information content (AvgIpc) is 3.23. The second kappa shape index (κ2) is 7.26.